The van der Waals surface area contributed by atoms with Gasteiger partial charge < -0.3 is 19.1 Å². The van der Waals surface area contributed by atoms with Crippen molar-refractivity contribution in [3.8, 4) is 0 Å². The fourth-order valence-corrected chi connectivity index (χ4v) is 13.8. The molecule has 4 aliphatic rings. The highest BCUT2D eigenvalue weighted by Crippen LogP contribution is 2.67. The molecule has 0 aromatic heterocycles. The molecule has 0 aliphatic heterocycles. The number of fused-ring (bicyclic) bond motifs is 5. The number of thioether (sulfide) groups is 1. The first-order chi connectivity index (χ1) is 21.4. The molecule has 47 heavy (non-hydrogen) atoms. The molecule has 4 rings (SSSR count). The second kappa shape index (κ2) is 13.6. The van der Waals surface area contributed by atoms with Gasteiger partial charge in [-0.2, -0.15) is 11.8 Å². The van der Waals surface area contributed by atoms with Crippen LogP contribution in [-0.2, 0) is 8.85 Å². The van der Waals surface area contributed by atoms with Crippen LogP contribution < -0.4 is 0 Å². The number of allylic oxidation sites excluding steroid dienone is 3. The van der Waals surface area contributed by atoms with Crippen LogP contribution in [0.3, 0.4) is 0 Å². The molecule has 3 saturated carbocycles. The lowest BCUT2D eigenvalue weighted by Gasteiger charge is -2.59. The van der Waals surface area contributed by atoms with Crippen LogP contribution in [0, 0.1) is 28.6 Å². The quantitative estimate of drug-likeness (QED) is 0.210. The Morgan fingerprint density at radius 2 is 1.49 bits per heavy atom. The number of aliphatic hydroxyl groups excluding tert-OH is 1. The van der Waals surface area contributed by atoms with Gasteiger partial charge in [0, 0.05) is 16.6 Å². The van der Waals surface area contributed by atoms with E-state index in [0.29, 0.717) is 17.1 Å². The van der Waals surface area contributed by atoms with Crippen LogP contribution in [0.1, 0.15) is 128 Å². The van der Waals surface area contributed by atoms with Crippen molar-refractivity contribution in [3.63, 3.8) is 0 Å². The molecule has 0 aromatic rings. The van der Waals surface area contributed by atoms with E-state index in [2.05, 4.69) is 115 Å². The number of hydrogen-bond acceptors (Lipinski definition) is 5. The first-order valence-corrected chi connectivity index (χ1v) is 26.0. The van der Waals surface area contributed by atoms with Crippen LogP contribution >= 0.6 is 11.8 Å². The lowest BCUT2D eigenvalue weighted by molar-refractivity contribution is -0.0438. The largest absolute Gasteiger partial charge is 0.414 e. The predicted octanol–water partition coefficient (Wildman–Crippen LogP) is 10.9. The normalized spacial score (nSPS) is 35.9. The molecule has 7 heteroatoms. The van der Waals surface area contributed by atoms with Gasteiger partial charge in [-0.3, -0.25) is 0 Å². The molecular formula is C40H74O4SSi2. The van der Waals surface area contributed by atoms with E-state index in [-0.39, 0.29) is 45.1 Å². The highest BCUT2D eigenvalue weighted by atomic mass is 32.2. The SMILES string of the molecule is CCC(O)(CC)CCSC(C)[C@H]1[C@@H](O)C[C@H]2C3=CC=C4C[C@@H](O[Si](C)(C)C(C)(C)C)C[C@H](O[Si](C)(C)C(C)(C)C)[C@]4(C)[C@H]3CC[C@@]21C. The van der Waals surface area contributed by atoms with Crippen molar-refractivity contribution < 1.29 is 19.1 Å². The minimum atomic E-state index is -2.06. The molecule has 3 fully saturated rings. The Kier molecular flexibility index (Phi) is 11.5. The standard InChI is InChI=1S/C40H74O4SSi2/c1-16-40(42,17-2)22-23-45-27(3)35-33(41)26-32-30-19-18-28-24-29(43-46(12,13)36(4,5)6)25-34(44-47(14,15)37(7,8)9)39(28,11)31(30)20-21-38(32,35)10/h18-19,27,29,31-35,41-42H,16-17,20-26H2,1-15H3/t27?,29-,31+,32+,33+,34+,35+,38+,39+/m1/s1. The average Bonchev–Trinajstić information content (AvgIpc) is 3.21. The third-order valence-corrected chi connectivity index (χ3v) is 25.3. The summed E-state index contributed by atoms with van der Waals surface area (Å²) in [6.45, 7) is 35.4. The van der Waals surface area contributed by atoms with E-state index in [0.717, 1.165) is 57.1 Å². The third kappa shape index (κ3) is 7.40. The Bertz CT molecular complexity index is 1180. The van der Waals surface area contributed by atoms with E-state index in [4.69, 9.17) is 8.85 Å². The molecule has 4 nitrogen and oxygen atoms in total. The molecule has 0 radical (unpaired) electrons. The van der Waals surface area contributed by atoms with Crippen LogP contribution in [0.25, 0.3) is 0 Å². The van der Waals surface area contributed by atoms with E-state index in [9.17, 15) is 10.2 Å². The maximum absolute atomic E-state index is 11.8. The highest BCUT2D eigenvalue weighted by Gasteiger charge is 2.62. The summed E-state index contributed by atoms with van der Waals surface area (Å²) in [5.74, 6) is 2.06. The van der Waals surface area contributed by atoms with Gasteiger partial charge in [0.05, 0.1) is 23.9 Å². The summed E-state index contributed by atoms with van der Waals surface area (Å²) in [6.07, 6.45) is 12.6. The topological polar surface area (TPSA) is 58.9 Å². The lowest BCUT2D eigenvalue weighted by atomic mass is 9.49. The Morgan fingerprint density at radius 3 is 2.04 bits per heavy atom. The van der Waals surface area contributed by atoms with Crippen LogP contribution in [0.15, 0.2) is 23.3 Å². The minimum Gasteiger partial charge on any atom is -0.414 e. The molecular weight excluding hydrogens is 633 g/mol. The zero-order chi connectivity index (χ0) is 35.6. The molecule has 0 amide bonds. The Morgan fingerprint density at radius 1 is 0.915 bits per heavy atom. The van der Waals surface area contributed by atoms with Crippen molar-refractivity contribution in [1.29, 1.82) is 0 Å². The summed E-state index contributed by atoms with van der Waals surface area (Å²) >= 11 is 1.97. The van der Waals surface area contributed by atoms with Crippen molar-refractivity contribution in [1.82, 2.24) is 0 Å². The minimum absolute atomic E-state index is 0.0532. The van der Waals surface area contributed by atoms with Gasteiger partial charge in [-0.05, 0) is 111 Å². The summed E-state index contributed by atoms with van der Waals surface area (Å²) < 4.78 is 14.7. The molecule has 0 bridgehead atoms. The molecule has 1 unspecified atom stereocenters. The van der Waals surface area contributed by atoms with Crippen molar-refractivity contribution in [2.45, 2.75) is 193 Å². The van der Waals surface area contributed by atoms with E-state index < -0.39 is 22.2 Å². The van der Waals surface area contributed by atoms with Gasteiger partial charge >= 0.3 is 0 Å². The van der Waals surface area contributed by atoms with Crippen LogP contribution in [0.2, 0.25) is 36.3 Å². The number of rotatable bonds is 11. The molecule has 0 spiro atoms. The zero-order valence-corrected chi connectivity index (χ0v) is 36.0. The number of aliphatic hydroxyl groups is 2. The summed E-state index contributed by atoms with van der Waals surface area (Å²) in [5.41, 5.74) is 2.59. The molecule has 9 atom stereocenters. The van der Waals surface area contributed by atoms with Gasteiger partial charge in [0.25, 0.3) is 0 Å². The first-order valence-electron chi connectivity index (χ1n) is 19.2. The van der Waals surface area contributed by atoms with Crippen molar-refractivity contribution in [2.24, 2.45) is 28.6 Å². The van der Waals surface area contributed by atoms with Crippen LogP contribution in [0.5, 0.6) is 0 Å². The van der Waals surface area contributed by atoms with E-state index >= 15 is 0 Å². The van der Waals surface area contributed by atoms with E-state index in [1.165, 1.54) is 5.57 Å². The zero-order valence-electron chi connectivity index (χ0n) is 33.2. The third-order valence-electron chi connectivity index (χ3n) is 15.0. The summed E-state index contributed by atoms with van der Waals surface area (Å²) in [4.78, 5) is 0. The molecule has 272 valence electrons. The molecule has 2 N–H and O–H groups in total. The van der Waals surface area contributed by atoms with E-state index in [1.54, 1.807) is 5.57 Å². The average molecular weight is 707 g/mol. The van der Waals surface area contributed by atoms with Crippen LogP contribution in [0.4, 0.5) is 0 Å². The van der Waals surface area contributed by atoms with Gasteiger partial charge in [0.1, 0.15) is 0 Å². The van der Waals surface area contributed by atoms with Crippen molar-refractivity contribution in [2.75, 3.05) is 5.75 Å². The fraction of sp³-hybridized carbons (Fsp3) is 0.900. The maximum atomic E-state index is 11.8. The molecule has 0 aromatic carbocycles. The maximum Gasteiger partial charge on any atom is 0.192 e. The lowest BCUT2D eigenvalue weighted by Crippen LogP contribution is -2.58. The Balaban J connectivity index is 1.66. The molecule has 4 aliphatic carbocycles. The van der Waals surface area contributed by atoms with Crippen molar-refractivity contribution >= 4 is 28.4 Å². The summed E-state index contributed by atoms with van der Waals surface area (Å²) in [5, 5.41) is 23.3. The van der Waals surface area contributed by atoms with Crippen LogP contribution in [-0.4, -0.2) is 61.8 Å². The van der Waals surface area contributed by atoms with Gasteiger partial charge in [-0.25, -0.2) is 0 Å². The van der Waals surface area contributed by atoms with E-state index in [1.807, 2.05) is 11.8 Å². The highest BCUT2D eigenvalue weighted by molar-refractivity contribution is 7.99. The predicted molar refractivity (Wildman–Crippen MR) is 208 cm³/mol. The Labute approximate surface area is 297 Å². The number of hydrogen-bond donors (Lipinski definition) is 2. The Hall–Kier alpha value is 0.104. The monoisotopic (exact) mass is 706 g/mol. The van der Waals surface area contributed by atoms with Crippen molar-refractivity contribution in [3.05, 3.63) is 23.3 Å². The smallest absolute Gasteiger partial charge is 0.192 e. The van der Waals surface area contributed by atoms with Gasteiger partial charge in [0.2, 0.25) is 0 Å². The second-order valence-corrected chi connectivity index (χ2v) is 30.7. The second-order valence-electron chi connectivity index (χ2n) is 19.7. The molecule has 0 saturated heterocycles. The summed E-state index contributed by atoms with van der Waals surface area (Å²) in [7, 11) is -4.00. The summed E-state index contributed by atoms with van der Waals surface area (Å²) in [6, 6.07) is 0. The van der Waals surface area contributed by atoms with Gasteiger partial charge in [0.15, 0.2) is 16.6 Å². The van der Waals surface area contributed by atoms with Gasteiger partial charge in [-0.1, -0.05) is 99.5 Å². The van der Waals surface area contributed by atoms with Gasteiger partial charge in [-0.15, -0.1) is 0 Å². The fourth-order valence-electron chi connectivity index (χ4n) is 9.44. The molecule has 0 heterocycles. The first kappa shape index (κ1) is 39.9.